The van der Waals surface area contributed by atoms with Gasteiger partial charge in [-0.15, -0.1) is 0 Å². The highest BCUT2D eigenvalue weighted by Crippen LogP contribution is 2.19. The maximum absolute atomic E-state index is 12.7. The van der Waals surface area contributed by atoms with E-state index in [9.17, 15) is 9.18 Å². The largest absolute Gasteiger partial charge is 0.279 e. The van der Waals surface area contributed by atoms with Crippen LogP contribution in [0.1, 0.15) is 15.9 Å². The molecular weight excluding hydrogens is 257 g/mol. The Morgan fingerprint density at radius 1 is 1.15 bits per heavy atom. The standard InChI is InChI=1S/C15H8FN3O/c16-12-8-5-11(6-9-12)7-10-15(20)13-3-1-2-4-14(13)18-19-17/h1-6,8-9H. The Labute approximate surface area is 114 Å². The normalized spacial score (nSPS) is 9.05. The zero-order valence-electron chi connectivity index (χ0n) is 10.2. The van der Waals surface area contributed by atoms with Gasteiger partial charge in [0.25, 0.3) is 0 Å². The number of rotatable bonds is 2. The van der Waals surface area contributed by atoms with Gasteiger partial charge in [-0.2, -0.15) is 0 Å². The molecule has 2 aromatic carbocycles. The van der Waals surface area contributed by atoms with Gasteiger partial charge in [0.1, 0.15) is 5.82 Å². The van der Waals surface area contributed by atoms with Crippen LogP contribution in [0, 0.1) is 17.7 Å². The Kier molecular flexibility index (Phi) is 4.13. The van der Waals surface area contributed by atoms with Crippen molar-refractivity contribution in [3.8, 4) is 11.8 Å². The minimum absolute atomic E-state index is 0.230. The maximum atomic E-state index is 12.7. The van der Waals surface area contributed by atoms with Crippen LogP contribution in [0.4, 0.5) is 10.1 Å². The Morgan fingerprint density at radius 2 is 1.85 bits per heavy atom. The SMILES string of the molecule is [N-]=[N+]=Nc1ccccc1C(=O)C#Cc1ccc(F)cc1. The van der Waals surface area contributed by atoms with E-state index in [2.05, 4.69) is 21.9 Å². The highest BCUT2D eigenvalue weighted by Gasteiger charge is 2.06. The van der Waals surface area contributed by atoms with Crippen molar-refractivity contribution in [1.82, 2.24) is 0 Å². The second kappa shape index (κ2) is 6.19. The van der Waals surface area contributed by atoms with Crippen LogP contribution >= 0.6 is 0 Å². The van der Waals surface area contributed by atoms with Gasteiger partial charge in [0, 0.05) is 21.7 Å². The van der Waals surface area contributed by atoms with Crippen molar-refractivity contribution in [1.29, 1.82) is 0 Å². The van der Waals surface area contributed by atoms with Crippen LogP contribution in [0.25, 0.3) is 10.4 Å². The Bertz CT molecular complexity index is 751. The summed E-state index contributed by atoms with van der Waals surface area (Å²) < 4.78 is 12.7. The molecule has 0 aliphatic rings. The van der Waals surface area contributed by atoms with Crippen molar-refractivity contribution in [2.45, 2.75) is 0 Å². The number of nitrogens with zero attached hydrogens (tertiary/aromatic N) is 3. The van der Waals surface area contributed by atoms with Gasteiger partial charge in [0.2, 0.25) is 5.78 Å². The van der Waals surface area contributed by atoms with Gasteiger partial charge in [-0.1, -0.05) is 29.2 Å². The fourth-order valence-corrected chi connectivity index (χ4v) is 1.53. The van der Waals surface area contributed by atoms with E-state index in [0.29, 0.717) is 5.56 Å². The van der Waals surface area contributed by atoms with E-state index >= 15 is 0 Å². The molecule has 0 spiro atoms. The summed E-state index contributed by atoms with van der Waals surface area (Å²) in [6, 6.07) is 11.9. The van der Waals surface area contributed by atoms with Gasteiger partial charge in [-0.25, -0.2) is 4.39 Å². The Balaban J connectivity index is 2.30. The molecule has 20 heavy (non-hydrogen) atoms. The molecule has 5 heteroatoms. The molecule has 0 aliphatic carbocycles. The van der Waals surface area contributed by atoms with E-state index in [1.54, 1.807) is 12.1 Å². The molecule has 0 radical (unpaired) electrons. The molecule has 2 rings (SSSR count). The van der Waals surface area contributed by atoms with Crippen LogP contribution in [-0.4, -0.2) is 5.78 Å². The second-order valence-corrected chi connectivity index (χ2v) is 3.79. The topological polar surface area (TPSA) is 65.8 Å². The van der Waals surface area contributed by atoms with E-state index in [1.807, 2.05) is 0 Å². The zero-order valence-corrected chi connectivity index (χ0v) is 10.2. The molecular formula is C15H8FN3O. The van der Waals surface area contributed by atoms with Crippen LogP contribution < -0.4 is 0 Å². The Hall–Kier alpha value is -3.09. The number of ketones is 1. The summed E-state index contributed by atoms with van der Waals surface area (Å²) in [6.45, 7) is 0. The lowest BCUT2D eigenvalue weighted by Gasteiger charge is -1.98. The molecule has 0 saturated heterocycles. The van der Waals surface area contributed by atoms with Gasteiger partial charge < -0.3 is 0 Å². The molecule has 96 valence electrons. The zero-order chi connectivity index (χ0) is 14.4. The van der Waals surface area contributed by atoms with Gasteiger partial charge >= 0.3 is 0 Å². The molecule has 0 fully saturated rings. The summed E-state index contributed by atoms with van der Waals surface area (Å²) in [4.78, 5) is 14.6. The highest BCUT2D eigenvalue weighted by atomic mass is 19.1. The first-order chi connectivity index (χ1) is 9.70. The van der Waals surface area contributed by atoms with Gasteiger partial charge in [0.15, 0.2) is 0 Å². The molecule has 0 N–H and O–H groups in total. The molecule has 4 nitrogen and oxygen atoms in total. The number of benzene rings is 2. The van der Waals surface area contributed by atoms with Crippen LogP contribution in [0.3, 0.4) is 0 Å². The first kappa shape index (κ1) is 13.3. The van der Waals surface area contributed by atoms with Crippen molar-refractivity contribution < 1.29 is 9.18 Å². The van der Waals surface area contributed by atoms with Crippen molar-refractivity contribution in [2.24, 2.45) is 5.11 Å². The van der Waals surface area contributed by atoms with Crippen molar-refractivity contribution in [3.05, 3.63) is 75.9 Å². The number of hydrogen-bond acceptors (Lipinski definition) is 2. The van der Waals surface area contributed by atoms with Gasteiger partial charge in [-0.05, 0) is 41.8 Å². The van der Waals surface area contributed by atoms with E-state index in [-0.39, 0.29) is 17.1 Å². The first-order valence-corrected chi connectivity index (χ1v) is 5.67. The van der Waals surface area contributed by atoms with Crippen LogP contribution in [-0.2, 0) is 0 Å². The predicted molar refractivity (Wildman–Crippen MR) is 72.9 cm³/mol. The van der Waals surface area contributed by atoms with Crippen LogP contribution in [0.5, 0.6) is 0 Å². The molecule has 0 aromatic heterocycles. The average molecular weight is 265 g/mol. The lowest BCUT2D eigenvalue weighted by Crippen LogP contribution is -1.95. The average Bonchev–Trinajstić information content (AvgIpc) is 2.47. The lowest BCUT2D eigenvalue weighted by atomic mass is 10.1. The molecule has 0 bridgehead atoms. The van der Waals surface area contributed by atoms with E-state index < -0.39 is 5.78 Å². The lowest BCUT2D eigenvalue weighted by molar-refractivity contribution is 0.105. The smallest absolute Gasteiger partial charge is 0.236 e. The number of carbonyl (C=O) groups is 1. The number of azide groups is 1. The minimum atomic E-state index is -0.461. The Morgan fingerprint density at radius 3 is 2.55 bits per heavy atom. The number of halogens is 1. The molecule has 0 saturated carbocycles. The van der Waals surface area contributed by atoms with Crippen molar-refractivity contribution in [2.75, 3.05) is 0 Å². The molecule has 0 aliphatic heterocycles. The molecule has 0 unspecified atom stereocenters. The molecule has 0 atom stereocenters. The quantitative estimate of drug-likeness (QED) is 0.266. The maximum Gasteiger partial charge on any atom is 0.236 e. The van der Waals surface area contributed by atoms with E-state index in [4.69, 9.17) is 5.53 Å². The molecule has 0 amide bonds. The third-order valence-electron chi connectivity index (χ3n) is 2.47. The fraction of sp³-hybridized carbons (Fsp3) is 0. The monoisotopic (exact) mass is 265 g/mol. The summed E-state index contributed by atoms with van der Waals surface area (Å²) >= 11 is 0. The second-order valence-electron chi connectivity index (χ2n) is 3.79. The number of hydrogen-bond donors (Lipinski definition) is 0. The van der Waals surface area contributed by atoms with Crippen molar-refractivity contribution >= 4 is 11.5 Å². The van der Waals surface area contributed by atoms with E-state index in [1.165, 1.54) is 36.4 Å². The van der Waals surface area contributed by atoms with Gasteiger partial charge in [-0.3, -0.25) is 4.79 Å². The van der Waals surface area contributed by atoms with E-state index in [0.717, 1.165) is 0 Å². The summed E-state index contributed by atoms with van der Waals surface area (Å²) in [5, 5.41) is 3.44. The molecule has 0 heterocycles. The third-order valence-corrected chi connectivity index (χ3v) is 2.47. The minimum Gasteiger partial charge on any atom is -0.279 e. The summed E-state index contributed by atoms with van der Waals surface area (Å²) in [5.41, 5.74) is 9.43. The van der Waals surface area contributed by atoms with Crippen molar-refractivity contribution in [3.63, 3.8) is 0 Å². The van der Waals surface area contributed by atoms with Crippen LogP contribution in [0.15, 0.2) is 53.6 Å². The number of Topliss-reactive ketones (excluding diaryl/α,β-unsaturated/α-hetero) is 1. The number of carbonyl (C=O) groups excluding carboxylic acids is 1. The fourth-order valence-electron chi connectivity index (χ4n) is 1.53. The third kappa shape index (κ3) is 3.22. The summed E-state index contributed by atoms with van der Waals surface area (Å²) in [5.74, 6) is 4.25. The van der Waals surface area contributed by atoms with Crippen LogP contribution in [0.2, 0.25) is 0 Å². The molecule has 2 aromatic rings. The summed E-state index contributed by atoms with van der Waals surface area (Å²) in [6.07, 6.45) is 0. The first-order valence-electron chi connectivity index (χ1n) is 5.67. The summed E-state index contributed by atoms with van der Waals surface area (Å²) in [7, 11) is 0. The predicted octanol–water partition coefficient (Wildman–Crippen LogP) is 4.00. The highest BCUT2D eigenvalue weighted by molar-refractivity contribution is 6.12. The van der Waals surface area contributed by atoms with Gasteiger partial charge in [0.05, 0.1) is 0 Å².